The standard InChI is InChI=1S/C23H40O/c1-22-14-5-3-7-17(22)9-11-19-20-12-10-18(8-4-6-16-24)23(20,2)15-13-21(19)22/h17-21,24H,3-16H2,1-2H3. The second kappa shape index (κ2) is 6.60. The Hall–Kier alpha value is -0.0400. The van der Waals surface area contributed by atoms with Crippen LogP contribution in [0.3, 0.4) is 0 Å². The van der Waals surface area contributed by atoms with Gasteiger partial charge in [-0.2, -0.15) is 0 Å². The highest BCUT2D eigenvalue weighted by atomic mass is 16.2. The quantitative estimate of drug-likeness (QED) is 0.608. The third kappa shape index (κ3) is 2.60. The highest BCUT2D eigenvalue weighted by molar-refractivity contribution is 5.08. The summed E-state index contributed by atoms with van der Waals surface area (Å²) in [7, 11) is 0. The van der Waals surface area contributed by atoms with Crippen molar-refractivity contribution in [3.63, 3.8) is 0 Å². The zero-order chi connectivity index (χ0) is 16.8. The lowest BCUT2D eigenvalue weighted by atomic mass is 9.45. The molecule has 0 amide bonds. The molecular weight excluding hydrogens is 292 g/mol. The normalized spacial score (nSPS) is 50.9. The minimum absolute atomic E-state index is 0.386. The summed E-state index contributed by atoms with van der Waals surface area (Å²) in [6.07, 6.45) is 18.8. The van der Waals surface area contributed by atoms with Crippen molar-refractivity contribution in [1.29, 1.82) is 0 Å². The number of fused-ring (bicyclic) bond motifs is 5. The van der Waals surface area contributed by atoms with Gasteiger partial charge in [0.15, 0.2) is 0 Å². The van der Waals surface area contributed by atoms with Gasteiger partial charge in [0.1, 0.15) is 0 Å². The molecule has 4 rings (SSSR count). The van der Waals surface area contributed by atoms with E-state index in [1.807, 2.05) is 0 Å². The zero-order valence-electron chi connectivity index (χ0n) is 16.2. The lowest BCUT2D eigenvalue weighted by molar-refractivity contribution is -0.111. The number of hydrogen-bond donors (Lipinski definition) is 1. The summed E-state index contributed by atoms with van der Waals surface area (Å²) in [6, 6.07) is 0. The highest BCUT2D eigenvalue weighted by Crippen LogP contribution is 2.67. The van der Waals surface area contributed by atoms with Crippen molar-refractivity contribution >= 4 is 0 Å². The monoisotopic (exact) mass is 332 g/mol. The van der Waals surface area contributed by atoms with E-state index in [4.69, 9.17) is 5.11 Å². The van der Waals surface area contributed by atoms with Gasteiger partial charge in [-0.1, -0.05) is 33.1 Å². The van der Waals surface area contributed by atoms with E-state index >= 15 is 0 Å². The lowest BCUT2D eigenvalue weighted by Gasteiger charge is -2.60. The molecule has 4 fully saturated rings. The van der Waals surface area contributed by atoms with Crippen LogP contribution >= 0.6 is 0 Å². The zero-order valence-corrected chi connectivity index (χ0v) is 16.2. The summed E-state index contributed by atoms with van der Waals surface area (Å²) in [4.78, 5) is 0. The van der Waals surface area contributed by atoms with E-state index in [2.05, 4.69) is 13.8 Å². The van der Waals surface area contributed by atoms with Gasteiger partial charge in [-0.25, -0.2) is 0 Å². The van der Waals surface area contributed by atoms with Gasteiger partial charge in [0.05, 0.1) is 0 Å². The minimum Gasteiger partial charge on any atom is -0.396 e. The van der Waals surface area contributed by atoms with Crippen LogP contribution in [0.25, 0.3) is 0 Å². The van der Waals surface area contributed by atoms with E-state index in [1.54, 1.807) is 12.8 Å². The predicted molar refractivity (Wildman–Crippen MR) is 101 cm³/mol. The molecule has 138 valence electrons. The molecule has 4 aliphatic carbocycles. The Morgan fingerprint density at radius 3 is 2.46 bits per heavy atom. The summed E-state index contributed by atoms with van der Waals surface area (Å²) in [5.41, 5.74) is 1.33. The number of unbranched alkanes of at least 4 members (excludes halogenated alkanes) is 1. The van der Waals surface area contributed by atoms with Gasteiger partial charge in [-0.3, -0.25) is 0 Å². The summed E-state index contributed by atoms with van der Waals surface area (Å²) >= 11 is 0. The van der Waals surface area contributed by atoms with E-state index in [1.165, 1.54) is 64.2 Å². The van der Waals surface area contributed by atoms with Gasteiger partial charge in [0, 0.05) is 6.61 Å². The number of hydrogen-bond acceptors (Lipinski definition) is 1. The molecule has 0 aromatic heterocycles. The van der Waals surface area contributed by atoms with E-state index < -0.39 is 0 Å². The van der Waals surface area contributed by atoms with Crippen LogP contribution in [0.15, 0.2) is 0 Å². The molecule has 0 aliphatic heterocycles. The molecule has 0 radical (unpaired) electrons. The largest absolute Gasteiger partial charge is 0.396 e. The van der Waals surface area contributed by atoms with Crippen molar-refractivity contribution in [1.82, 2.24) is 0 Å². The number of aliphatic hydroxyl groups excluding tert-OH is 1. The fourth-order valence-corrected chi connectivity index (χ4v) is 8.38. The van der Waals surface area contributed by atoms with Gasteiger partial charge >= 0.3 is 0 Å². The maximum atomic E-state index is 9.13. The van der Waals surface area contributed by atoms with E-state index in [-0.39, 0.29) is 0 Å². The average Bonchev–Trinajstić information content (AvgIpc) is 2.91. The third-order valence-corrected chi connectivity index (χ3v) is 9.74. The Labute approximate surface area is 150 Å². The van der Waals surface area contributed by atoms with Gasteiger partial charge in [-0.15, -0.1) is 0 Å². The SMILES string of the molecule is CC12CCCCC1CCC1C2CCC2(C)C(CCCCO)CCC12. The van der Waals surface area contributed by atoms with Crippen molar-refractivity contribution < 1.29 is 5.11 Å². The van der Waals surface area contributed by atoms with Crippen LogP contribution in [0.5, 0.6) is 0 Å². The fourth-order valence-electron chi connectivity index (χ4n) is 8.38. The molecule has 1 nitrogen and oxygen atoms in total. The van der Waals surface area contributed by atoms with Crippen LogP contribution in [0.4, 0.5) is 0 Å². The first-order chi connectivity index (χ1) is 11.6. The summed E-state index contributed by atoms with van der Waals surface area (Å²) in [5, 5.41) is 9.13. The van der Waals surface area contributed by atoms with E-state index in [0.29, 0.717) is 17.4 Å². The Kier molecular flexibility index (Phi) is 4.78. The maximum absolute atomic E-state index is 9.13. The Bertz CT molecular complexity index is 445. The third-order valence-electron chi connectivity index (χ3n) is 9.74. The molecule has 0 heterocycles. The van der Waals surface area contributed by atoms with Crippen LogP contribution in [0.2, 0.25) is 0 Å². The van der Waals surface area contributed by atoms with Gasteiger partial charge in [0.2, 0.25) is 0 Å². The van der Waals surface area contributed by atoms with Crippen LogP contribution < -0.4 is 0 Å². The molecule has 0 aromatic carbocycles. The van der Waals surface area contributed by atoms with Crippen LogP contribution in [0, 0.1) is 40.4 Å². The first-order valence-electron chi connectivity index (χ1n) is 11.2. The van der Waals surface area contributed by atoms with Crippen molar-refractivity contribution in [2.24, 2.45) is 40.4 Å². The fraction of sp³-hybridized carbons (Fsp3) is 1.00. The van der Waals surface area contributed by atoms with Crippen molar-refractivity contribution in [2.75, 3.05) is 6.61 Å². The summed E-state index contributed by atoms with van der Waals surface area (Å²) < 4.78 is 0. The van der Waals surface area contributed by atoms with Gasteiger partial charge in [-0.05, 0) is 105 Å². The molecule has 4 saturated carbocycles. The molecule has 7 unspecified atom stereocenters. The number of aliphatic hydroxyl groups is 1. The molecule has 0 aromatic rings. The summed E-state index contributed by atoms with van der Waals surface area (Å²) in [5.74, 6) is 5.12. The first kappa shape index (κ1) is 17.4. The lowest BCUT2D eigenvalue weighted by Crippen LogP contribution is -2.52. The molecule has 7 atom stereocenters. The molecule has 24 heavy (non-hydrogen) atoms. The molecule has 1 heteroatoms. The highest BCUT2D eigenvalue weighted by Gasteiger charge is 2.59. The predicted octanol–water partition coefficient (Wildman–Crippen LogP) is 6.20. The molecule has 0 bridgehead atoms. The smallest absolute Gasteiger partial charge is 0.0431 e. The van der Waals surface area contributed by atoms with Crippen LogP contribution in [-0.4, -0.2) is 11.7 Å². The molecule has 0 spiro atoms. The van der Waals surface area contributed by atoms with Crippen molar-refractivity contribution in [3.05, 3.63) is 0 Å². The Balaban J connectivity index is 1.51. The van der Waals surface area contributed by atoms with Gasteiger partial charge in [0.25, 0.3) is 0 Å². The van der Waals surface area contributed by atoms with Gasteiger partial charge < -0.3 is 5.11 Å². The number of rotatable bonds is 4. The molecule has 4 aliphatic rings. The van der Waals surface area contributed by atoms with E-state index in [0.717, 1.165) is 36.0 Å². The van der Waals surface area contributed by atoms with E-state index in [9.17, 15) is 0 Å². The van der Waals surface area contributed by atoms with Crippen LogP contribution in [-0.2, 0) is 0 Å². The average molecular weight is 333 g/mol. The minimum atomic E-state index is 0.386. The second-order valence-corrected chi connectivity index (χ2v) is 10.4. The topological polar surface area (TPSA) is 20.2 Å². The molecule has 1 N–H and O–H groups in total. The molecular formula is C23H40O. The maximum Gasteiger partial charge on any atom is 0.0431 e. The first-order valence-corrected chi connectivity index (χ1v) is 11.2. The summed E-state index contributed by atoms with van der Waals surface area (Å²) in [6.45, 7) is 5.75. The van der Waals surface area contributed by atoms with Crippen molar-refractivity contribution in [2.45, 2.75) is 97.3 Å². The Morgan fingerprint density at radius 1 is 0.792 bits per heavy atom. The second-order valence-electron chi connectivity index (χ2n) is 10.4. The van der Waals surface area contributed by atoms with Crippen molar-refractivity contribution in [3.8, 4) is 0 Å². The molecule has 0 saturated heterocycles. The van der Waals surface area contributed by atoms with Crippen LogP contribution in [0.1, 0.15) is 97.3 Å². The Morgan fingerprint density at radius 2 is 1.62 bits per heavy atom.